The molecular weight excluding hydrogens is 206 g/mol. The summed E-state index contributed by atoms with van der Waals surface area (Å²) in [6.07, 6.45) is 3.94. The number of carbonyl (C=O) groups excluding carboxylic acids is 1. The highest BCUT2D eigenvalue weighted by Crippen LogP contribution is 2.38. The second-order valence-electron chi connectivity index (χ2n) is 4.41. The highest BCUT2D eigenvalue weighted by atomic mass is 16.6. The van der Waals surface area contributed by atoms with Gasteiger partial charge in [-0.15, -0.1) is 0 Å². The second kappa shape index (κ2) is 3.14. The van der Waals surface area contributed by atoms with Crippen LogP contribution in [0.15, 0.2) is 6.07 Å². The van der Waals surface area contributed by atoms with Crippen molar-refractivity contribution in [3.05, 3.63) is 38.4 Å². The lowest BCUT2D eigenvalue weighted by Gasteiger charge is -2.07. The fraction of sp³-hybridized carbons (Fsp3) is 0.417. The average molecular weight is 217 g/mol. The molecule has 0 bridgehead atoms. The number of nitrogens with zero attached hydrogens (tertiary/aromatic N) is 1. The minimum absolute atomic E-state index is 0.0628. The number of carbonyl (C=O) groups is 1. The molecule has 0 saturated carbocycles. The Hall–Kier alpha value is -1.71. The van der Waals surface area contributed by atoms with Crippen molar-refractivity contribution in [3.63, 3.8) is 0 Å². The Bertz CT molecular complexity index is 519. The highest BCUT2D eigenvalue weighted by Gasteiger charge is 2.32. The molecule has 0 saturated heterocycles. The van der Waals surface area contributed by atoms with Crippen molar-refractivity contribution in [1.82, 2.24) is 0 Å². The van der Waals surface area contributed by atoms with E-state index in [0.29, 0.717) is 12.0 Å². The van der Waals surface area contributed by atoms with Crippen LogP contribution in [0.5, 0.6) is 0 Å². The maximum atomic E-state index is 11.6. The van der Waals surface area contributed by atoms with E-state index in [-0.39, 0.29) is 16.4 Å². The highest BCUT2D eigenvalue weighted by molar-refractivity contribution is 6.01. The Morgan fingerprint density at radius 2 is 1.81 bits per heavy atom. The van der Waals surface area contributed by atoms with Crippen molar-refractivity contribution in [3.8, 4) is 0 Å². The first-order chi connectivity index (χ1) is 7.68. The molecule has 0 aromatic heterocycles. The average Bonchev–Trinajstić information content (AvgIpc) is 2.83. The summed E-state index contributed by atoms with van der Waals surface area (Å²) in [7, 11) is 0. The molecule has 4 heteroatoms. The van der Waals surface area contributed by atoms with Gasteiger partial charge in [0, 0.05) is 23.6 Å². The number of nitro benzene ring substituents is 1. The summed E-state index contributed by atoms with van der Waals surface area (Å²) in [6.45, 7) is 0. The fourth-order valence-electron chi connectivity index (χ4n) is 2.90. The predicted octanol–water partition coefficient (Wildman–Crippen LogP) is 2.21. The second-order valence-corrected chi connectivity index (χ2v) is 4.41. The number of hydrogen-bond donors (Lipinski definition) is 0. The van der Waals surface area contributed by atoms with Gasteiger partial charge in [-0.25, -0.2) is 0 Å². The smallest absolute Gasteiger partial charge is 0.273 e. The van der Waals surface area contributed by atoms with Crippen LogP contribution in [0.2, 0.25) is 0 Å². The van der Waals surface area contributed by atoms with E-state index in [9.17, 15) is 14.9 Å². The molecule has 2 aliphatic rings. The zero-order chi connectivity index (χ0) is 11.3. The first kappa shape index (κ1) is 9.51. The Morgan fingerprint density at radius 3 is 2.56 bits per heavy atom. The monoisotopic (exact) mass is 217 g/mol. The van der Waals surface area contributed by atoms with E-state index in [0.717, 1.165) is 42.4 Å². The molecule has 82 valence electrons. The maximum absolute atomic E-state index is 11.6. The Labute approximate surface area is 92.4 Å². The Kier molecular flexibility index (Phi) is 1.87. The summed E-state index contributed by atoms with van der Waals surface area (Å²) >= 11 is 0. The first-order valence-corrected chi connectivity index (χ1v) is 5.53. The van der Waals surface area contributed by atoms with Gasteiger partial charge < -0.3 is 0 Å². The van der Waals surface area contributed by atoms with Gasteiger partial charge in [-0.05, 0) is 36.8 Å². The third-order valence-electron chi connectivity index (χ3n) is 3.60. The van der Waals surface area contributed by atoms with Crippen molar-refractivity contribution in [2.24, 2.45) is 0 Å². The van der Waals surface area contributed by atoms with E-state index >= 15 is 0 Å². The molecule has 1 aromatic rings. The molecule has 3 rings (SSSR count). The van der Waals surface area contributed by atoms with Crippen LogP contribution in [0, 0.1) is 10.1 Å². The molecule has 1 aromatic carbocycles. The van der Waals surface area contributed by atoms with Gasteiger partial charge >= 0.3 is 0 Å². The van der Waals surface area contributed by atoms with Crippen molar-refractivity contribution in [2.45, 2.75) is 32.1 Å². The molecule has 0 fully saturated rings. The Balaban J connectivity index is 2.31. The van der Waals surface area contributed by atoms with Gasteiger partial charge in [-0.2, -0.15) is 0 Å². The minimum atomic E-state index is -0.351. The zero-order valence-corrected chi connectivity index (χ0v) is 8.78. The van der Waals surface area contributed by atoms with Gasteiger partial charge in [0.2, 0.25) is 0 Å². The van der Waals surface area contributed by atoms with Gasteiger partial charge in [0.15, 0.2) is 5.78 Å². The summed E-state index contributed by atoms with van der Waals surface area (Å²) in [5.74, 6) is 0.0628. The molecular formula is C12H11NO3. The molecule has 0 heterocycles. The van der Waals surface area contributed by atoms with Crippen LogP contribution in [0.3, 0.4) is 0 Å². The van der Waals surface area contributed by atoms with E-state index < -0.39 is 0 Å². The van der Waals surface area contributed by atoms with Crippen LogP contribution in [0.25, 0.3) is 0 Å². The Morgan fingerprint density at radius 1 is 1.06 bits per heavy atom. The molecule has 16 heavy (non-hydrogen) atoms. The number of benzene rings is 1. The van der Waals surface area contributed by atoms with Crippen LogP contribution in [0.4, 0.5) is 5.69 Å². The summed E-state index contributed by atoms with van der Waals surface area (Å²) in [5.41, 5.74) is 3.81. The van der Waals surface area contributed by atoms with Gasteiger partial charge in [0.25, 0.3) is 5.69 Å². The van der Waals surface area contributed by atoms with Crippen molar-refractivity contribution in [2.75, 3.05) is 0 Å². The number of fused-ring (bicyclic) bond motifs is 3. The molecule has 0 spiro atoms. The number of Topliss-reactive ketones (excluding diaryl/α,β-unsaturated/α-hetero) is 1. The largest absolute Gasteiger partial charge is 0.294 e. The molecule has 0 amide bonds. The van der Waals surface area contributed by atoms with E-state index in [4.69, 9.17) is 0 Å². The molecule has 0 radical (unpaired) electrons. The predicted molar refractivity (Wildman–Crippen MR) is 57.8 cm³/mol. The number of nitro groups is 1. The third kappa shape index (κ3) is 1.13. The van der Waals surface area contributed by atoms with Crippen molar-refractivity contribution >= 4 is 11.5 Å². The van der Waals surface area contributed by atoms with E-state index in [1.54, 1.807) is 0 Å². The molecule has 0 atom stereocenters. The van der Waals surface area contributed by atoms with Gasteiger partial charge in [-0.3, -0.25) is 14.9 Å². The summed E-state index contributed by atoms with van der Waals surface area (Å²) in [6, 6.07) is 1.49. The molecule has 0 N–H and O–H groups in total. The van der Waals surface area contributed by atoms with Gasteiger partial charge in [0.05, 0.1) is 4.92 Å². The number of rotatable bonds is 1. The van der Waals surface area contributed by atoms with Crippen LogP contribution in [-0.4, -0.2) is 10.7 Å². The lowest BCUT2D eigenvalue weighted by molar-refractivity contribution is -0.385. The molecule has 2 aliphatic carbocycles. The van der Waals surface area contributed by atoms with Crippen molar-refractivity contribution < 1.29 is 9.72 Å². The maximum Gasteiger partial charge on any atom is 0.273 e. The van der Waals surface area contributed by atoms with E-state index in [2.05, 4.69) is 0 Å². The first-order valence-electron chi connectivity index (χ1n) is 5.53. The number of ketones is 1. The van der Waals surface area contributed by atoms with Crippen LogP contribution in [-0.2, 0) is 19.3 Å². The van der Waals surface area contributed by atoms with Crippen LogP contribution in [0.1, 0.15) is 39.9 Å². The fourth-order valence-corrected chi connectivity index (χ4v) is 2.90. The third-order valence-corrected chi connectivity index (χ3v) is 3.60. The summed E-state index contributed by atoms with van der Waals surface area (Å²) < 4.78 is 0. The van der Waals surface area contributed by atoms with Crippen LogP contribution >= 0.6 is 0 Å². The zero-order valence-electron chi connectivity index (χ0n) is 8.78. The lowest BCUT2D eigenvalue weighted by atomic mass is 9.98. The van der Waals surface area contributed by atoms with Crippen molar-refractivity contribution in [1.29, 1.82) is 0 Å². The minimum Gasteiger partial charge on any atom is -0.294 e. The number of hydrogen-bond acceptors (Lipinski definition) is 3. The van der Waals surface area contributed by atoms with Gasteiger partial charge in [0.1, 0.15) is 0 Å². The molecule has 0 aliphatic heterocycles. The quantitative estimate of drug-likeness (QED) is 0.535. The standard InChI is InChI=1S/C12H11NO3/c14-12-5-4-8-7-2-1-3-9(7)11(13(15)16)6-10(8)12/h6H,1-5H2. The topological polar surface area (TPSA) is 60.2 Å². The normalized spacial score (nSPS) is 17.4. The SMILES string of the molecule is O=C1CCc2c1cc([N+](=O)[O-])c1c2CCC1. The summed E-state index contributed by atoms with van der Waals surface area (Å²) in [4.78, 5) is 22.2. The summed E-state index contributed by atoms with van der Waals surface area (Å²) in [5, 5.41) is 11.0. The van der Waals surface area contributed by atoms with Crippen LogP contribution < -0.4 is 0 Å². The molecule has 4 nitrogen and oxygen atoms in total. The van der Waals surface area contributed by atoms with E-state index in [1.165, 1.54) is 6.07 Å². The van der Waals surface area contributed by atoms with Gasteiger partial charge in [-0.1, -0.05) is 0 Å². The lowest BCUT2D eigenvalue weighted by Crippen LogP contribution is -2.01. The van der Waals surface area contributed by atoms with E-state index in [1.807, 2.05) is 0 Å². The molecule has 0 unspecified atom stereocenters.